The molecule has 1 N–H and O–H groups in total. The number of benzene rings is 2. The van der Waals surface area contributed by atoms with Crippen molar-refractivity contribution in [2.24, 2.45) is 0 Å². The summed E-state index contributed by atoms with van der Waals surface area (Å²) < 4.78 is 14.3. The molecule has 122 valence electrons. The zero-order valence-corrected chi connectivity index (χ0v) is 13.6. The van der Waals surface area contributed by atoms with Crippen molar-refractivity contribution < 1.29 is 4.39 Å². The SMILES string of the molecule is C[C@H](N[C@H](Cc1ccccc1)c1ccccc1F)c1cnccn1. The fraction of sp³-hybridized carbons (Fsp3) is 0.200. The molecule has 1 heterocycles. The molecule has 0 aliphatic carbocycles. The molecule has 0 fully saturated rings. The average molecular weight is 321 g/mol. The molecular weight excluding hydrogens is 301 g/mol. The monoisotopic (exact) mass is 321 g/mol. The van der Waals surface area contributed by atoms with Crippen LogP contribution in [0.4, 0.5) is 4.39 Å². The second-order valence-electron chi connectivity index (χ2n) is 5.78. The fourth-order valence-electron chi connectivity index (χ4n) is 2.79. The first-order valence-electron chi connectivity index (χ1n) is 8.04. The van der Waals surface area contributed by atoms with Gasteiger partial charge in [-0.3, -0.25) is 9.97 Å². The summed E-state index contributed by atoms with van der Waals surface area (Å²) in [7, 11) is 0. The number of hydrogen-bond donors (Lipinski definition) is 1. The van der Waals surface area contributed by atoms with Crippen molar-refractivity contribution in [2.45, 2.75) is 25.4 Å². The van der Waals surface area contributed by atoms with Crippen LogP contribution in [-0.4, -0.2) is 9.97 Å². The Bertz CT molecular complexity index is 762. The molecule has 0 spiro atoms. The van der Waals surface area contributed by atoms with Gasteiger partial charge in [-0.05, 0) is 25.0 Å². The lowest BCUT2D eigenvalue weighted by molar-refractivity contribution is 0.440. The number of aromatic nitrogens is 2. The maximum absolute atomic E-state index is 14.3. The summed E-state index contributed by atoms with van der Waals surface area (Å²) in [6.45, 7) is 2.02. The molecule has 2 aromatic carbocycles. The third-order valence-corrected chi connectivity index (χ3v) is 4.04. The standard InChI is InChI=1S/C20H20FN3/c1-15(20-14-22-11-12-23-20)24-19(13-16-7-3-2-4-8-16)17-9-5-6-10-18(17)21/h2-12,14-15,19,24H,13H2,1H3/t15-,19+/m0/s1. The van der Waals surface area contributed by atoms with Gasteiger partial charge in [0.1, 0.15) is 5.82 Å². The summed E-state index contributed by atoms with van der Waals surface area (Å²) in [5.41, 5.74) is 2.66. The van der Waals surface area contributed by atoms with E-state index in [0.29, 0.717) is 12.0 Å². The smallest absolute Gasteiger partial charge is 0.127 e. The van der Waals surface area contributed by atoms with E-state index in [4.69, 9.17) is 0 Å². The Morgan fingerprint density at radius 1 is 1.00 bits per heavy atom. The Kier molecular flexibility index (Phi) is 5.29. The molecule has 3 nitrogen and oxygen atoms in total. The number of nitrogens with one attached hydrogen (secondary N) is 1. The number of halogens is 1. The third kappa shape index (κ3) is 4.03. The topological polar surface area (TPSA) is 37.8 Å². The van der Waals surface area contributed by atoms with Gasteiger partial charge in [-0.15, -0.1) is 0 Å². The van der Waals surface area contributed by atoms with E-state index in [1.165, 1.54) is 6.07 Å². The van der Waals surface area contributed by atoms with Crippen LogP contribution < -0.4 is 5.32 Å². The predicted molar refractivity (Wildman–Crippen MR) is 92.9 cm³/mol. The minimum absolute atomic E-state index is 0.0352. The summed E-state index contributed by atoms with van der Waals surface area (Å²) >= 11 is 0. The van der Waals surface area contributed by atoms with Crippen molar-refractivity contribution >= 4 is 0 Å². The maximum Gasteiger partial charge on any atom is 0.127 e. The van der Waals surface area contributed by atoms with Gasteiger partial charge in [0.2, 0.25) is 0 Å². The second kappa shape index (κ2) is 7.79. The Hall–Kier alpha value is -2.59. The molecule has 24 heavy (non-hydrogen) atoms. The molecule has 1 aromatic heterocycles. The minimum atomic E-state index is -0.197. The first-order valence-corrected chi connectivity index (χ1v) is 8.04. The van der Waals surface area contributed by atoms with Gasteiger partial charge in [-0.25, -0.2) is 4.39 Å². The van der Waals surface area contributed by atoms with Gasteiger partial charge < -0.3 is 5.32 Å². The van der Waals surface area contributed by atoms with E-state index in [-0.39, 0.29) is 17.9 Å². The summed E-state index contributed by atoms with van der Waals surface area (Å²) in [5.74, 6) is -0.197. The van der Waals surface area contributed by atoms with Gasteiger partial charge >= 0.3 is 0 Å². The molecular formula is C20H20FN3. The highest BCUT2D eigenvalue weighted by Gasteiger charge is 2.19. The highest BCUT2D eigenvalue weighted by molar-refractivity contribution is 5.25. The number of rotatable bonds is 6. The van der Waals surface area contributed by atoms with Crippen molar-refractivity contribution in [3.05, 3.63) is 95.8 Å². The van der Waals surface area contributed by atoms with Crippen LogP contribution in [0.25, 0.3) is 0 Å². The van der Waals surface area contributed by atoms with Gasteiger partial charge in [-0.2, -0.15) is 0 Å². The molecule has 0 aliphatic heterocycles. The molecule has 3 rings (SSSR count). The van der Waals surface area contributed by atoms with Crippen LogP contribution in [0.3, 0.4) is 0 Å². The molecule has 4 heteroatoms. The van der Waals surface area contributed by atoms with Crippen LogP contribution in [0, 0.1) is 5.82 Å². The largest absolute Gasteiger partial charge is 0.301 e. The van der Waals surface area contributed by atoms with Crippen LogP contribution in [0.1, 0.15) is 35.8 Å². The first-order chi connectivity index (χ1) is 11.7. The Balaban J connectivity index is 1.86. The lowest BCUT2D eigenvalue weighted by Crippen LogP contribution is -2.27. The highest BCUT2D eigenvalue weighted by atomic mass is 19.1. The van der Waals surface area contributed by atoms with Crippen LogP contribution in [-0.2, 0) is 6.42 Å². The lowest BCUT2D eigenvalue weighted by Gasteiger charge is -2.24. The van der Waals surface area contributed by atoms with Crippen molar-refractivity contribution in [3.63, 3.8) is 0 Å². The van der Waals surface area contributed by atoms with Gasteiger partial charge in [0.15, 0.2) is 0 Å². The molecule has 0 radical (unpaired) electrons. The quantitative estimate of drug-likeness (QED) is 0.737. The van der Waals surface area contributed by atoms with Gasteiger partial charge in [-0.1, -0.05) is 48.5 Å². The van der Waals surface area contributed by atoms with Crippen molar-refractivity contribution in [1.82, 2.24) is 15.3 Å². The molecule has 0 aliphatic rings. The van der Waals surface area contributed by atoms with Crippen LogP contribution in [0.5, 0.6) is 0 Å². The van der Waals surface area contributed by atoms with E-state index in [1.807, 2.05) is 37.3 Å². The molecule has 0 amide bonds. The second-order valence-corrected chi connectivity index (χ2v) is 5.78. The van der Waals surface area contributed by atoms with Crippen molar-refractivity contribution in [3.8, 4) is 0 Å². The molecule has 0 unspecified atom stereocenters. The lowest BCUT2D eigenvalue weighted by atomic mass is 9.97. The summed E-state index contributed by atoms with van der Waals surface area (Å²) in [6.07, 6.45) is 5.75. The maximum atomic E-state index is 14.3. The van der Waals surface area contributed by atoms with Crippen molar-refractivity contribution in [2.75, 3.05) is 0 Å². The summed E-state index contributed by atoms with van der Waals surface area (Å²) in [5, 5.41) is 3.50. The number of hydrogen-bond acceptors (Lipinski definition) is 3. The normalized spacial score (nSPS) is 13.4. The molecule has 0 bridgehead atoms. The van der Waals surface area contributed by atoms with Crippen molar-refractivity contribution in [1.29, 1.82) is 0 Å². The molecule has 0 saturated carbocycles. The Morgan fingerprint density at radius 3 is 2.46 bits per heavy atom. The molecule has 2 atom stereocenters. The minimum Gasteiger partial charge on any atom is -0.301 e. The Labute approximate surface area is 141 Å². The predicted octanol–water partition coefficient (Wildman–Crippen LogP) is 4.25. The fourth-order valence-corrected chi connectivity index (χ4v) is 2.79. The van der Waals surface area contributed by atoms with Gasteiger partial charge in [0.25, 0.3) is 0 Å². The van der Waals surface area contributed by atoms with E-state index < -0.39 is 0 Å². The summed E-state index contributed by atoms with van der Waals surface area (Å²) in [4.78, 5) is 8.45. The number of nitrogens with zero attached hydrogens (tertiary/aromatic N) is 2. The Morgan fingerprint density at radius 2 is 1.75 bits per heavy atom. The van der Waals surface area contributed by atoms with E-state index in [1.54, 1.807) is 24.7 Å². The average Bonchev–Trinajstić information content (AvgIpc) is 2.63. The zero-order valence-electron chi connectivity index (χ0n) is 13.6. The van der Waals surface area contributed by atoms with E-state index in [9.17, 15) is 4.39 Å². The van der Waals surface area contributed by atoms with Crippen LogP contribution in [0.2, 0.25) is 0 Å². The van der Waals surface area contributed by atoms with E-state index in [0.717, 1.165) is 11.3 Å². The third-order valence-electron chi connectivity index (χ3n) is 4.04. The molecule has 0 saturated heterocycles. The molecule has 3 aromatic rings. The summed E-state index contributed by atoms with van der Waals surface area (Å²) in [6, 6.07) is 16.8. The first kappa shape index (κ1) is 16.3. The van der Waals surface area contributed by atoms with Crippen LogP contribution >= 0.6 is 0 Å². The van der Waals surface area contributed by atoms with Gasteiger partial charge in [0.05, 0.1) is 5.69 Å². The zero-order chi connectivity index (χ0) is 16.8. The van der Waals surface area contributed by atoms with Gasteiger partial charge in [0, 0.05) is 36.2 Å². The van der Waals surface area contributed by atoms with Crippen LogP contribution in [0.15, 0.2) is 73.2 Å². The highest BCUT2D eigenvalue weighted by Crippen LogP contribution is 2.24. The van der Waals surface area contributed by atoms with E-state index in [2.05, 4.69) is 27.4 Å². The van der Waals surface area contributed by atoms with E-state index >= 15 is 0 Å².